The van der Waals surface area contributed by atoms with E-state index in [0.717, 1.165) is 41.1 Å². The summed E-state index contributed by atoms with van der Waals surface area (Å²) in [5.41, 5.74) is 5.94. The molecule has 1 heterocycles. The molecule has 5 nitrogen and oxygen atoms in total. The van der Waals surface area contributed by atoms with E-state index in [1.165, 1.54) is 7.11 Å². The van der Waals surface area contributed by atoms with Gasteiger partial charge in [-0.2, -0.15) is 0 Å². The first-order valence-electron chi connectivity index (χ1n) is 12.7. The number of benzene rings is 2. The average Bonchev–Trinajstić information content (AvgIpc) is 2.77. The first kappa shape index (κ1) is 24.4. The van der Waals surface area contributed by atoms with Crippen LogP contribution < -0.4 is 9.64 Å². The molecule has 2 aromatic carbocycles. The van der Waals surface area contributed by atoms with E-state index in [-0.39, 0.29) is 28.1 Å². The van der Waals surface area contributed by atoms with Gasteiger partial charge >= 0.3 is 0 Å². The lowest BCUT2D eigenvalue weighted by molar-refractivity contribution is -0.119. The normalized spacial score (nSPS) is 21.4. The van der Waals surface area contributed by atoms with E-state index in [0.29, 0.717) is 29.7 Å². The number of carbonyl (C=O) groups excluding carboxylic acids is 2. The smallest absolute Gasteiger partial charge is 0.162 e. The highest BCUT2D eigenvalue weighted by molar-refractivity contribution is 6.08. The molecule has 0 spiro atoms. The van der Waals surface area contributed by atoms with Crippen LogP contribution in [0.1, 0.15) is 70.4 Å². The predicted octanol–water partition coefficient (Wildman–Crippen LogP) is 6.60. The molecule has 36 heavy (non-hydrogen) atoms. The van der Waals surface area contributed by atoms with Crippen LogP contribution >= 0.6 is 0 Å². The fraction of sp³-hybridized carbons (Fsp3) is 0.419. The number of aromatic hydroxyl groups is 1. The second kappa shape index (κ2) is 8.36. The van der Waals surface area contributed by atoms with Crippen LogP contribution in [0, 0.1) is 17.8 Å². The Morgan fingerprint density at radius 3 is 1.86 bits per heavy atom. The van der Waals surface area contributed by atoms with Crippen LogP contribution in [0.3, 0.4) is 0 Å². The number of methoxy groups -OCH3 is 1. The van der Waals surface area contributed by atoms with Crippen molar-refractivity contribution >= 4 is 17.3 Å². The minimum Gasteiger partial charge on any atom is -0.504 e. The molecule has 0 fully saturated rings. The van der Waals surface area contributed by atoms with E-state index in [1.807, 2.05) is 6.07 Å². The van der Waals surface area contributed by atoms with Gasteiger partial charge in [0.15, 0.2) is 23.1 Å². The lowest BCUT2D eigenvalue weighted by Crippen LogP contribution is -2.44. The van der Waals surface area contributed by atoms with Gasteiger partial charge in [0, 0.05) is 47.0 Å². The van der Waals surface area contributed by atoms with E-state index in [2.05, 4.69) is 63.8 Å². The summed E-state index contributed by atoms with van der Waals surface area (Å²) in [6.07, 6.45) is 2.33. The number of phenols is 1. The van der Waals surface area contributed by atoms with E-state index < -0.39 is 5.92 Å². The molecule has 1 N–H and O–H groups in total. The van der Waals surface area contributed by atoms with Crippen molar-refractivity contribution in [1.82, 2.24) is 0 Å². The number of carbonyl (C=O) groups is 2. The summed E-state index contributed by atoms with van der Waals surface area (Å²) < 4.78 is 5.41. The first-order valence-corrected chi connectivity index (χ1v) is 12.7. The topological polar surface area (TPSA) is 66.8 Å². The largest absolute Gasteiger partial charge is 0.504 e. The Morgan fingerprint density at radius 2 is 1.36 bits per heavy atom. The van der Waals surface area contributed by atoms with Crippen LogP contribution in [-0.4, -0.2) is 23.8 Å². The number of ketones is 2. The molecule has 1 aliphatic heterocycles. The van der Waals surface area contributed by atoms with Gasteiger partial charge in [-0.15, -0.1) is 0 Å². The predicted molar refractivity (Wildman–Crippen MR) is 141 cm³/mol. The Kier molecular flexibility index (Phi) is 5.66. The molecule has 0 aromatic heterocycles. The third-order valence-corrected chi connectivity index (χ3v) is 7.74. The molecule has 3 aliphatic rings. The lowest BCUT2D eigenvalue weighted by atomic mass is 9.63. The van der Waals surface area contributed by atoms with Crippen LogP contribution in [0.4, 0.5) is 5.69 Å². The molecular weight excluding hydrogens is 450 g/mol. The second-order valence-corrected chi connectivity index (χ2v) is 12.1. The summed E-state index contributed by atoms with van der Waals surface area (Å²) in [6.45, 7) is 10.6. The number of hydrogen-bond donors (Lipinski definition) is 1. The van der Waals surface area contributed by atoms with Crippen molar-refractivity contribution in [3.8, 4) is 11.5 Å². The van der Waals surface area contributed by atoms with Crippen LogP contribution in [-0.2, 0) is 9.59 Å². The zero-order valence-electron chi connectivity index (χ0n) is 22.1. The molecule has 0 amide bonds. The number of Topliss-reactive ketones (excluding diaryl/α,β-unsaturated/α-hetero) is 2. The molecule has 188 valence electrons. The Morgan fingerprint density at radius 1 is 0.833 bits per heavy atom. The highest BCUT2D eigenvalue weighted by Crippen LogP contribution is 2.55. The first-order chi connectivity index (χ1) is 16.9. The quantitative estimate of drug-likeness (QED) is 0.531. The van der Waals surface area contributed by atoms with Crippen molar-refractivity contribution in [1.29, 1.82) is 0 Å². The van der Waals surface area contributed by atoms with Crippen LogP contribution in [0.25, 0.3) is 0 Å². The number of anilines is 1. The number of aryl methyl sites for hydroxylation is 1. The molecule has 0 radical (unpaired) electrons. The summed E-state index contributed by atoms with van der Waals surface area (Å²) in [5.74, 6) is 0.0662. The Labute approximate surface area is 213 Å². The van der Waals surface area contributed by atoms with Crippen molar-refractivity contribution in [2.75, 3.05) is 12.0 Å². The maximum atomic E-state index is 13.9. The van der Waals surface area contributed by atoms with Crippen molar-refractivity contribution in [2.24, 2.45) is 10.8 Å². The zero-order valence-corrected chi connectivity index (χ0v) is 22.1. The molecule has 0 saturated heterocycles. The monoisotopic (exact) mass is 485 g/mol. The Hall–Kier alpha value is -3.34. The lowest BCUT2D eigenvalue weighted by Gasteiger charge is -2.49. The number of rotatable bonds is 3. The maximum Gasteiger partial charge on any atom is 0.162 e. The van der Waals surface area contributed by atoms with Gasteiger partial charge in [-0.3, -0.25) is 9.59 Å². The maximum absolute atomic E-state index is 13.9. The summed E-state index contributed by atoms with van der Waals surface area (Å²) >= 11 is 0. The third kappa shape index (κ3) is 4.04. The summed E-state index contributed by atoms with van der Waals surface area (Å²) in [6, 6.07) is 13.5. The van der Waals surface area contributed by atoms with Gasteiger partial charge in [0.05, 0.1) is 7.11 Å². The molecule has 5 heteroatoms. The Bertz CT molecular complexity index is 1270. The van der Waals surface area contributed by atoms with Crippen LogP contribution in [0.5, 0.6) is 11.5 Å². The molecular formula is C31H35NO4. The minimum absolute atomic E-state index is 0.0361. The van der Waals surface area contributed by atoms with Gasteiger partial charge < -0.3 is 14.7 Å². The van der Waals surface area contributed by atoms with E-state index >= 15 is 0 Å². The van der Waals surface area contributed by atoms with E-state index in [4.69, 9.17) is 4.74 Å². The molecule has 2 aliphatic carbocycles. The number of phenolic OH excluding ortho intramolecular Hbond substituents is 1. The zero-order chi connectivity index (χ0) is 26.0. The highest BCUT2D eigenvalue weighted by atomic mass is 16.5. The van der Waals surface area contributed by atoms with Gasteiger partial charge in [0.1, 0.15) is 0 Å². The molecule has 2 aromatic rings. The highest BCUT2D eigenvalue weighted by Gasteiger charge is 2.49. The fourth-order valence-electron chi connectivity index (χ4n) is 6.18. The third-order valence-electron chi connectivity index (χ3n) is 7.74. The van der Waals surface area contributed by atoms with Gasteiger partial charge in [0.25, 0.3) is 0 Å². The van der Waals surface area contributed by atoms with Crippen molar-refractivity contribution < 1.29 is 19.4 Å². The molecule has 0 saturated carbocycles. The van der Waals surface area contributed by atoms with Gasteiger partial charge in [-0.1, -0.05) is 51.5 Å². The second-order valence-electron chi connectivity index (χ2n) is 12.1. The standard InChI is InChI=1S/C31H35NO4/c1-18-7-10-20(11-8-18)32-21-14-30(2,3)16-24(34)28(21)27(19-9-12-23(33)26(13-19)36-6)29-22(32)15-31(4,5)17-25(29)35/h7-13,27,33H,14-17H2,1-6H3. The summed E-state index contributed by atoms with van der Waals surface area (Å²) in [7, 11) is 1.51. The average molecular weight is 486 g/mol. The number of hydrogen-bond acceptors (Lipinski definition) is 5. The minimum atomic E-state index is -0.474. The molecule has 0 atom stereocenters. The van der Waals surface area contributed by atoms with Gasteiger partial charge in [-0.05, 0) is 60.4 Å². The van der Waals surface area contributed by atoms with Gasteiger partial charge in [0.2, 0.25) is 0 Å². The number of allylic oxidation sites excluding steroid dienone is 4. The SMILES string of the molecule is COc1cc(C2C3=C(CC(C)(C)CC3=O)N(c3ccc(C)cc3)C3=C2C(=O)CC(C)(C)C3)ccc1O. The summed E-state index contributed by atoms with van der Waals surface area (Å²) in [4.78, 5) is 30.0. The molecule has 5 rings (SSSR count). The van der Waals surface area contributed by atoms with E-state index in [1.54, 1.807) is 12.1 Å². The molecule has 0 unspecified atom stereocenters. The fourth-order valence-corrected chi connectivity index (χ4v) is 6.18. The number of nitrogens with zero attached hydrogens (tertiary/aromatic N) is 1. The molecule has 0 bridgehead atoms. The summed E-state index contributed by atoms with van der Waals surface area (Å²) in [5, 5.41) is 10.3. The van der Waals surface area contributed by atoms with E-state index in [9.17, 15) is 14.7 Å². The van der Waals surface area contributed by atoms with Crippen molar-refractivity contribution in [3.63, 3.8) is 0 Å². The number of ether oxygens (including phenoxy) is 1. The van der Waals surface area contributed by atoms with Crippen molar-refractivity contribution in [2.45, 2.75) is 66.2 Å². The van der Waals surface area contributed by atoms with Gasteiger partial charge in [-0.25, -0.2) is 0 Å². The van der Waals surface area contributed by atoms with Crippen LogP contribution in [0.2, 0.25) is 0 Å². The van der Waals surface area contributed by atoms with Crippen LogP contribution in [0.15, 0.2) is 65.0 Å². The Balaban J connectivity index is 1.83. The van der Waals surface area contributed by atoms with Crippen molar-refractivity contribution in [3.05, 3.63) is 76.1 Å².